The van der Waals surface area contributed by atoms with E-state index in [-0.39, 0.29) is 5.54 Å². The lowest BCUT2D eigenvalue weighted by Gasteiger charge is -2.56. The monoisotopic (exact) mass is 298 g/mol. The minimum atomic E-state index is -0.0451. The number of piperidine rings is 2. The third-order valence-corrected chi connectivity index (χ3v) is 5.38. The summed E-state index contributed by atoms with van der Waals surface area (Å²) in [4.78, 5) is 17.0. The molecule has 0 unspecified atom stereocenters. The molecule has 118 valence electrons. The van der Waals surface area contributed by atoms with Crippen LogP contribution in [0, 0.1) is 0 Å². The van der Waals surface area contributed by atoms with Gasteiger partial charge in [0.2, 0.25) is 5.91 Å². The molecule has 2 fully saturated rings. The van der Waals surface area contributed by atoms with E-state index >= 15 is 0 Å². The molecule has 0 spiro atoms. The van der Waals surface area contributed by atoms with E-state index in [0.29, 0.717) is 24.9 Å². The molecule has 2 aliphatic rings. The molecule has 1 aromatic carbocycles. The van der Waals surface area contributed by atoms with E-state index in [1.54, 1.807) is 0 Å². The summed E-state index contributed by atoms with van der Waals surface area (Å²) in [5.74, 6) is 0.292. The van der Waals surface area contributed by atoms with Gasteiger partial charge in [-0.2, -0.15) is 0 Å². The Morgan fingerprint density at radius 3 is 2.86 bits per heavy atom. The molecule has 2 heterocycles. The minimum Gasteiger partial charge on any atom is -0.332 e. The predicted molar refractivity (Wildman–Crippen MR) is 89.4 cm³/mol. The number of rotatable bonds is 4. The van der Waals surface area contributed by atoms with Crippen molar-refractivity contribution in [3.8, 4) is 0 Å². The zero-order valence-electron chi connectivity index (χ0n) is 13.5. The minimum absolute atomic E-state index is 0.0451. The van der Waals surface area contributed by atoms with Gasteiger partial charge in [0.05, 0.1) is 5.54 Å². The summed E-state index contributed by atoms with van der Waals surface area (Å²) in [6, 6.07) is 11.1. The van der Waals surface area contributed by atoms with Crippen LogP contribution >= 0.6 is 0 Å². The maximum atomic E-state index is 12.4. The lowest BCUT2D eigenvalue weighted by atomic mass is 9.75. The maximum Gasteiger partial charge on any atom is 0.223 e. The molecule has 1 amide bonds. The van der Waals surface area contributed by atoms with Gasteiger partial charge in [-0.1, -0.05) is 36.4 Å². The smallest absolute Gasteiger partial charge is 0.223 e. The molecule has 3 rings (SSSR count). The van der Waals surface area contributed by atoms with Gasteiger partial charge < -0.3 is 4.90 Å². The van der Waals surface area contributed by atoms with Gasteiger partial charge in [0.1, 0.15) is 0 Å². The molecule has 1 aromatic rings. The Labute approximate surface area is 133 Å². The van der Waals surface area contributed by atoms with Crippen LogP contribution in [0.1, 0.15) is 38.2 Å². The highest BCUT2D eigenvalue weighted by molar-refractivity contribution is 5.78. The number of carbonyl (C=O) groups excluding carboxylic acids is 1. The fourth-order valence-corrected chi connectivity index (χ4v) is 4.29. The molecule has 2 saturated heterocycles. The van der Waals surface area contributed by atoms with Gasteiger partial charge in [-0.05, 0) is 38.3 Å². The zero-order valence-corrected chi connectivity index (χ0v) is 13.5. The second kappa shape index (κ2) is 6.25. The van der Waals surface area contributed by atoms with Crippen molar-refractivity contribution in [1.82, 2.24) is 9.80 Å². The first-order chi connectivity index (χ1) is 10.6. The second-order valence-corrected chi connectivity index (χ2v) is 6.76. The number of hydrogen-bond donors (Lipinski definition) is 0. The van der Waals surface area contributed by atoms with Crippen LogP contribution < -0.4 is 0 Å². The van der Waals surface area contributed by atoms with Crippen molar-refractivity contribution in [2.45, 2.75) is 50.7 Å². The molecule has 0 bridgehead atoms. The summed E-state index contributed by atoms with van der Waals surface area (Å²) in [6.45, 7) is 8.90. The zero-order chi connectivity index (χ0) is 15.6. The molecule has 3 nitrogen and oxygen atoms in total. The summed E-state index contributed by atoms with van der Waals surface area (Å²) in [7, 11) is 0. The summed E-state index contributed by atoms with van der Waals surface area (Å²) in [5.41, 5.74) is 1.32. The van der Waals surface area contributed by atoms with Crippen LogP contribution in [0.5, 0.6) is 0 Å². The standard InChI is InChI=1S/C19H26N2O/c1-3-13-21-18(22)11-10-17-19(21,2)12-7-14-20(17)15-16-8-5-4-6-9-16/h3-6,8-9,17H,1,7,10-15H2,2H3/t17-,19+/m1/s1. The van der Waals surface area contributed by atoms with E-state index < -0.39 is 0 Å². The predicted octanol–water partition coefficient (Wildman–Crippen LogP) is 3.22. The van der Waals surface area contributed by atoms with Gasteiger partial charge >= 0.3 is 0 Å². The van der Waals surface area contributed by atoms with Crippen molar-refractivity contribution < 1.29 is 4.79 Å². The molecule has 0 aromatic heterocycles. The van der Waals surface area contributed by atoms with E-state index in [2.05, 4.69) is 53.6 Å². The molecule has 3 heteroatoms. The average molecular weight is 298 g/mol. The number of nitrogens with zero attached hydrogens (tertiary/aromatic N) is 2. The largest absolute Gasteiger partial charge is 0.332 e. The van der Waals surface area contributed by atoms with Crippen LogP contribution in [0.2, 0.25) is 0 Å². The highest BCUT2D eigenvalue weighted by Gasteiger charge is 2.49. The Hall–Kier alpha value is -1.61. The lowest BCUT2D eigenvalue weighted by molar-refractivity contribution is -0.150. The van der Waals surface area contributed by atoms with Crippen molar-refractivity contribution >= 4 is 5.91 Å². The van der Waals surface area contributed by atoms with Gasteiger partial charge in [-0.3, -0.25) is 9.69 Å². The number of amides is 1. The van der Waals surface area contributed by atoms with E-state index in [1.165, 1.54) is 5.56 Å². The van der Waals surface area contributed by atoms with E-state index in [4.69, 9.17) is 0 Å². The first-order valence-electron chi connectivity index (χ1n) is 8.34. The average Bonchev–Trinajstić information content (AvgIpc) is 2.52. The molecule has 0 radical (unpaired) electrons. The molecule has 2 atom stereocenters. The second-order valence-electron chi connectivity index (χ2n) is 6.76. The van der Waals surface area contributed by atoms with Crippen molar-refractivity contribution in [1.29, 1.82) is 0 Å². The SMILES string of the molecule is C=CCN1C(=O)CC[C@H]2N(Cc3ccccc3)CCC[C@@]21C. The normalized spacial score (nSPS) is 29.2. The quantitative estimate of drug-likeness (QED) is 0.797. The summed E-state index contributed by atoms with van der Waals surface area (Å²) >= 11 is 0. The van der Waals surface area contributed by atoms with Crippen LogP contribution in [-0.4, -0.2) is 40.4 Å². The maximum absolute atomic E-state index is 12.4. The first-order valence-corrected chi connectivity index (χ1v) is 8.34. The van der Waals surface area contributed by atoms with Gasteiger partial charge in [0.25, 0.3) is 0 Å². The summed E-state index contributed by atoms with van der Waals surface area (Å²) in [6.07, 6.45) is 5.76. The van der Waals surface area contributed by atoms with E-state index in [9.17, 15) is 4.79 Å². The first kappa shape index (κ1) is 15.3. The van der Waals surface area contributed by atoms with Crippen LogP contribution in [0.15, 0.2) is 43.0 Å². The highest BCUT2D eigenvalue weighted by atomic mass is 16.2. The summed E-state index contributed by atoms with van der Waals surface area (Å²) < 4.78 is 0. The molecule has 2 aliphatic heterocycles. The fourth-order valence-electron chi connectivity index (χ4n) is 4.29. The fraction of sp³-hybridized carbons (Fsp3) is 0.526. The van der Waals surface area contributed by atoms with E-state index in [0.717, 1.165) is 32.4 Å². The van der Waals surface area contributed by atoms with Gasteiger partial charge in [0.15, 0.2) is 0 Å². The Balaban J connectivity index is 1.83. The molecule has 0 aliphatic carbocycles. The summed E-state index contributed by atoms with van der Waals surface area (Å²) in [5, 5.41) is 0. The van der Waals surface area contributed by atoms with Crippen LogP contribution in [0.4, 0.5) is 0 Å². The van der Waals surface area contributed by atoms with Crippen LogP contribution in [0.3, 0.4) is 0 Å². The topological polar surface area (TPSA) is 23.6 Å². The van der Waals surface area contributed by atoms with Crippen LogP contribution in [0.25, 0.3) is 0 Å². The Kier molecular flexibility index (Phi) is 4.34. The van der Waals surface area contributed by atoms with Gasteiger partial charge in [-0.15, -0.1) is 6.58 Å². The van der Waals surface area contributed by atoms with Crippen molar-refractivity contribution in [2.75, 3.05) is 13.1 Å². The third kappa shape index (κ3) is 2.70. The molecule has 0 N–H and O–H groups in total. The number of benzene rings is 1. The number of likely N-dealkylation sites (tertiary alicyclic amines) is 2. The lowest BCUT2D eigenvalue weighted by Crippen LogP contribution is -2.67. The van der Waals surface area contributed by atoms with Crippen molar-refractivity contribution in [3.05, 3.63) is 48.6 Å². The highest BCUT2D eigenvalue weighted by Crippen LogP contribution is 2.40. The van der Waals surface area contributed by atoms with E-state index in [1.807, 2.05) is 6.08 Å². The van der Waals surface area contributed by atoms with Crippen LogP contribution in [-0.2, 0) is 11.3 Å². The molecule has 22 heavy (non-hydrogen) atoms. The Morgan fingerprint density at radius 2 is 2.14 bits per heavy atom. The number of hydrogen-bond acceptors (Lipinski definition) is 2. The van der Waals surface area contributed by atoms with Gasteiger partial charge in [0, 0.05) is 25.6 Å². The Bertz CT molecular complexity index is 542. The number of fused-ring (bicyclic) bond motifs is 1. The molecular formula is C19H26N2O. The number of carbonyl (C=O) groups is 1. The third-order valence-electron chi connectivity index (χ3n) is 5.38. The van der Waals surface area contributed by atoms with Crippen molar-refractivity contribution in [3.63, 3.8) is 0 Å². The Morgan fingerprint density at radius 1 is 1.36 bits per heavy atom. The van der Waals surface area contributed by atoms with Crippen molar-refractivity contribution in [2.24, 2.45) is 0 Å². The molecule has 0 saturated carbocycles. The van der Waals surface area contributed by atoms with Gasteiger partial charge in [-0.25, -0.2) is 0 Å². The molecular weight excluding hydrogens is 272 g/mol.